The summed E-state index contributed by atoms with van der Waals surface area (Å²) in [7, 11) is 0. The number of hydrogen-bond donors (Lipinski definition) is 5. The number of carbonyl (C=O) groups excluding carboxylic acids is 3. The zero-order valence-corrected chi connectivity index (χ0v) is 16.0. The molecule has 0 bridgehead atoms. The number of nitrogens with one attached hydrogen (secondary N) is 2. The third-order valence-corrected chi connectivity index (χ3v) is 4.87. The lowest BCUT2D eigenvalue weighted by Crippen LogP contribution is -2.58. The van der Waals surface area contributed by atoms with Gasteiger partial charge in [0.15, 0.2) is 0 Å². The van der Waals surface area contributed by atoms with Crippen LogP contribution in [0.4, 0.5) is 0 Å². The van der Waals surface area contributed by atoms with Gasteiger partial charge in [-0.15, -0.1) is 0 Å². The number of amides is 3. The van der Waals surface area contributed by atoms with Crippen LogP contribution < -0.4 is 16.4 Å². The van der Waals surface area contributed by atoms with Crippen LogP contribution in [0.25, 0.3) is 0 Å². The summed E-state index contributed by atoms with van der Waals surface area (Å²) in [6.45, 7) is 4.84. The van der Waals surface area contributed by atoms with Gasteiger partial charge in [-0.2, -0.15) is 0 Å². The Kier molecular flexibility index (Phi) is 8.64. The Bertz CT molecular complexity index is 568. The van der Waals surface area contributed by atoms with E-state index in [2.05, 4.69) is 10.6 Å². The monoisotopic (exact) mass is 386 g/mol. The van der Waals surface area contributed by atoms with Gasteiger partial charge in [-0.25, -0.2) is 4.79 Å². The molecule has 0 aliphatic carbocycles. The Morgan fingerprint density at radius 2 is 1.81 bits per heavy atom. The van der Waals surface area contributed by atoms with Crippen molar-refractivity contribution < 1.29 is 29.4 Å². The van der Waals surface area contributed by atoms with E-state index in [0.717, 1.165) is 0 Å². The van der Waals surface area contributed by atoms with E-state index in [1.165, 1.54) is 11.8 Å². The summed E-state index contributed by atoms with van der Waals surface area (Å²) < 4.78 is 0. The number of carbonyl (C=O) groups is 4. The third-order valence-electron chi connectivity index (χ3n) is 4.87. The molecule has 3 amide bonds. The standard InChI is InChI=1S/C17H30N4O6/c1-4-9(2)13(17(26)27)20-15(24)11-6-5-7-21(11)16(25)14(10(3)22)19-12(23)8-18/h9-11,13-14,22H,4-8,18H2,1-3H3,(H,19,23)(H,20,24)(H,26,27). The molecule has 10 heteroatoms. The number of aliphatic hydroxyl groups excluding tert-OH is 1. The van der Waals surface area contributed by atoms with Crippen molar-refractivity contribution in [2.45, 2.75) is 64.3 Å². The molecule has 10 nitrogen and oxygen atoms in total. The van der Waals surface area contributed by atoms with Crippen molar-refractivity contribution >= 4 is 23.7 Å². The van der Waals surface area contributed by atoms with Crippen molar-refractivity contribution in [2.75, 3.05) is 13.1 Å². The fraction of sp³-hybridized carbons (Fsp3) is 0.765. The minimum Gasteiger partial charge on any atom is -0.480 e. The number of carboxylic acids is 1. The molecule has 0 aromatic rings. The van der Waals surface area contributed by atoms with Gasteiger partial charge < -0.3 is 31.5 Å². The quantitative estimate of drug-likeness (QED) is 0.319. The van der Waals surface area contributed by atoms with Crippen LogP contribution in [0.15, 0.2) is 0 Å². The molecule has 1 saturated heterocycles. The lowest BCUT2D eigenvalue weighted by atomic mass is 9.98. The second-order valence-corrected chi connectivity index (χ2v) is 6.89. The maximum atomic E-state index is 12.8. The minimum absolute atomic E-state index is 0.272. The highest BCUT2D eigenvalue weighted by Gasteiger charge is 2.40. The maximum absolute atomic E-state index is 12.8. The first kappa shape index (κ1) is 22.8. The molecular weight excluding hydrogens is 356 g/mol. The van der Waals surface area contributed by atoms with E-state index < -0.39 is 47.9 Å². The summed E-state index contributed by atoms with van der Waals surface area (Å²) in [6.07, 6.45) is 0.327. The Morgan fingerprint density at radius 3 is 2.30 bits per heavy atom. The van der Waals surface area contributed by atoms with Crippen LogP contribution in [0.3, 0.4) is 0 Å². The highest BCUT2D eigenvalue weighted by Crippen LogP contribution is 2.20. The van der Waals surface area contributed by atoms with Gasteiger partial charge in [-0.1, -0.05) is 20.3 Å². The first-order valence-corrected chi connectivity index (χ1v) is 9.15. The van der Waals surface area contributed by atoms with Crippen molar-refractivity contribution in [3.8, 4) is 0 Å². The van der Waals surface area contributed by atoms with E-state index in [-0.39, 0.29) is 19.0 Å². The van der Waals surface area contributed by atoms with Crippen molar-refractivity contribution in [3.63, 3.8) is 0 Å². The van der Waals surface area contributed by atoms with Crippen molar-refractivity contribution in [2.24, 2.45) is 11.7 Å². The highest BCUT2D eigenvalue weighted by atomic mass is 16.4. The number of carboxylic acid groups (broad SMARTS) is 1. The van der Waals surface area contributed by atoms with Gasteiger partial charge in [0, 0.05) is 6.54 Å². The van der Waals surface area contributed by atoms with Crippen LogP contribution in [-0.2, 0) is 19.2 Å². The second-order valence-electron chi connectivity index (χ2n) is 6.89. The summed E-state index contributed by atoms with van der Waals surface area (Å²) in [4.78, 5) is 49.6. The normalized spacial score (nSPS) is 21.1. The van der Waals surface area contributed by atoms with Crippen molar-refractivity contribution in [3.05, 3.63) is 0 Å². The number of nitrogens with two attached hydrogens (primary N) is 1. The van der Waals surface area contributed by atoms with Crippen molar-refractivity contribution in [1.29, 1.82) is 0 Å². The Morgan fingerprint density at radius 1 is 1.19 bits per heavy atom. The molecule has 6 N–H and O–H groups in total. The SMILES string of the molecule is CCC(C)C(NC(=O)C1CCCN1C(=O)C(NC(=O)CN)C(C)O)C(=O)O. The van der Waals surface area contributed by atoms with E-state index in [4.69, 9.17) is 5.73 Å². The number of aliphatic carboxylic acids is 1. The molecule has 0 radical (unpaired) electrons. The molecule has 154 valence electrons. The molecule has 0 spiro atoms. The maximum Gasteiger partial charge on any atom is 0.326 e. The van der Waals surface area contributed by atoms with Crippen LogP contribution >= 0.6 is 0 Å². The number of nitrogens with zero attached hydrogens (tertiary/aromatic N) is 1. The Balaban J connectivity index is 2.92. The van der Waals surface area contributed by atoms with Gasteiger partial charge in [-0.05, 0) is 25.7 Å². The molecule has 1 rings (SSSR count). The zero-order chi connectivity index (χ0) is 20.7. The van der Waals surface area contributed by atoms with E-state index in [0.29, 0.717) is 19.3 Å². The molecule has 1 aliphatic heterocycles. The van der Waals surface area contributed by atoms with Crippen LogP contribution in [0.2, 0.25) is 0 Å². The van der Waals surface area contributed by atoms with Gasteiger partial charge in [0.25, 0.3) is 0 Å². The fourth-order valence-electron chi connectivity index (χ4n) is 3.04. The molecule has 5 atom stereocenters. The predicted octanol–water partition coefficient (Wildman–Crippen LogP) is -1.58. The summed E-state index contributed by atoms with van der Waals surface area (Å²) in [5, 5.41) is 24.1. The van der Waals surface area contributed by atoms with Crippen LogP contribution in [0, 0.1) is 5.92 Å². The molecule has 1 aliphatic rings. The Hall–Kier alpha value is -2.20. The van der Waals surface area contributed by atoms with E-state index in [9.17, 15) is 29.4 Å². The number of likely N-dealkylation sites (tertiary alicyclic amines) is 1. The molecule has 0 saturated carbocycles. The zero-order valence-electron chi connectivity index (χ0n) is 16.0. The van der Waals surface area contributed by atoms with Gasteiger partial charge in [0.2, 0.25) is 17.7 Å². The van der Waals surface area contributed by atoms with Gasteiger partial charge in [0.05, 0.1) is 12.6 Å². The second kappa shape index (κ2) is 10.2. The average molecular weight is 386 g/mol. The summed E-state index contributed by atoms with van der Waals surface area (Å²) >= 11 is 0. The molecule has 1 fully saturated rings. The van der Waals surface area contributed by atoms with Crippen LogP contribution in [-0.4, -0.2) is 76.1 Å². The van der Waals surface area contributed by atoms with Gasteiger partial charge in [-0.3, -0.25) is 14.4 Å². The van der Waals surface area contributed by atoms with Crippen LogP contribution in [0.1, 0.15) is 40.0 Å². The average Bonchev–Trinajstić information content (AvgIpc) is 3.11. The number of hydrogen-bond acceptors (Lipinski definition) is 6. The highest BCUT2D eigenvalue weighted by molar-refractivity contribution is 5.94. The van der Waals surface area contributed by atoms with Crippen LogP contribution in [0.5, 0.6) is 0 Å². The summed E-state index contributed by atoms with van der Waals surface area (Å²) in [6, 6.07) is -3.12. The third kappa shape index (κ3) is 5.90. The van der Waals surface area contributed by atoms with Gasteiger partial charge >= 0.3 is 5.97 Å². The van der Waals surface area contributed by atoms with Gasteiger partial charge in [0.1, 0.15) is 18.1 Å². The molecule has 27 heavy (non-hydrogen) atoms. The van der Waals surface area contributed by atoms with Crippen molar-refractivity contribution in [1.82, 2.24) is 15.5 Å². The number of rotatable bonds is 9. The lowest BCUT2D eigenvalue weighted by Gasteiger charge is -2.31. The first-order valence-electron chi connectivity index (χ1n) is 9.15. The lowest BCUT2D eigenvalue weighted by molar-refractivity contribution is -0.146. The summed E-state index contributed by atoms with van der Waals surface area (Å²) in [5.74, 6) is -3.16. The molecule has 0 aromatic carbocycles. The minimum atomic E-state index is -1.22. The topological polar surface area (TPSA) is 162 Å². The Labute approximate surface area is 158 Å². The van der Waals surface area contributed by atoms with E-state index >= 15 is 0 Å². The summed E-state index contributed by atoms with van der Waals surface area (Å²) in [5.41, 5.74) is 5.24. The smallest absolute Gasteiger partial charge is 0.326 e. The largest absolute Gasteiger partial charge is 0.480 e. The molecule has 5 unspecified atom stereocenters. The van der Waals surface area contributed by atoms with E-state index in [1.54, 1.807) is 6.92 Å². The van der Waals surface area contributed by atoms with E-state index in [1.807, 2.05) is 6.92 Å². The number of aliphatic hydroxyl groups is 1. The molecule has 1 heterocycles. The molecule has 0 aromatic heterocycles. The first-order chi connectivity index (χ1) is 12.6. The molecular formula is C17H30N4O6. The predicted molar refractivity (Wildman–Crippen MR) is 96.4 cm³/mol. The fourth-order valence-corrected chi connectivity index (χ4v) is 3.04.